The molecule has 1 aromatic heterocycles. The average Bonchev–Trinajstić information content (AvgIpc) is 2.70. The van der Waals surface area contributed by atoms with Crippen molar-refractivity contribution in [3.8, 4) is 22.6 Å². The van der Waals surface area contributed by atoms with Crippen LogP contribution < -0.4 is 20.5 Å². The third-order valence-corrected chi connectivity index (χ3v) is 6.97. The maximum atomic E-state index is 12.5. The number of rotatable bonds is 8. The Balaban J connectivity index is 2.31. The summed E-state index contributed by atoms with van der Waals surface area (Å²) in [4.78, 5) is 24.4. The minimum absolute atomic E-state index is 0.0258. The van der Waals surface area contributed by atoms with Crippen LogP contribution in [-0.2, 0) is 21.2 Å². The van der Waals surface area contributed by atoms with Crippen LogP contribution >= 0.6 is 0 Å². The quantitative estimate of drug-likeness (QED) is 0.482. The van der Waals surface area contributed by atoms with E-state index < -0.39 is 20.5 Å². The second-order valence-corrected chi connectivity index (χ2v) is 9.16. The van der Waals surface area contributed by atoms with Crippen LogP contribution in [0, 0.1) is 0 Å². The molecule has 1 atom stereocenters. The molecule has 1 unspecified atom stereocenters. The highest BCUT2D eigenvalue weighted by atomic mass is 32.2. The lowest BCUT2D eigenvalue weighted by atomic mass is 10.1. The van der Waals surface area contributed by atoms with Crippen LogP contribution in [0.25, 0.3) is 11.1 Å². The van der Waals surface area contributed by atoms with Crippen molar-refractivity contribution in [3.63, 3.8) is 0 Å². The predicted molar refractivity (Wildman–Crippen MR) is 107 cm³/mol. The van der Waals surface area contributed by atoms with Crippen molar-refractivity contribution in [1.82, 2.24) is 10.0 Å². The molecule has 158 valence electrons. The van der Waals surface area contributed by atoms with Crippen molar-refractivity contribution in [1.29, 1.82) is 0 Å². The first-order valence-corrected chi connectivity index (χ1v) is 10.5. The lowest BCUT2D eigenvalue weighted by Gasteiger charge is -2.25. The lowest BCUT2D eigenvalue weighted by molar-refractivity contribution is -0.131. The van der Waals surface area contributed by atoms with Crippen molar-refractivity contribution >= 4 is 15.7 Å². The first kappa shape index (κ1) is 22.4. The molecule has 1 aromatic carbocycles. The molecule has 0 fully saturated rings. The maximum absolute atomic E-state index is 12.5. The van der Waals surface area contributed by atoms with E-state index in [1.165, 1.54) is 43.5 Å². The van der Waals surface area contributed by atoms with E-state index in [1.807, 2.05) is 0 Å². The van der Waals surface area contributed by atoms with Crippen LogP contribution in [0.5, 0.6) is 11.5 Å². The highest BCUT2D eigenvalue weighted by Gasteiger charge is 2.43. The van der Waals surface area contributed by atoms with E-state index >= 15 is 0 Å². The predicted octanol–water partition coefficient (Wildman–Crippen LogP) is 1.23. The van der Waals surface area contributed by atoms with Crippen molar-refractivity contribution in [3.05, 3.63) is 46.9 Å². The van der Waals surface area contributed by atoms with E-state index in [1.54, 1.807) is 24.3 Å². The number of ether oxygens (including phenoxy) is 2. The van der Waals surface area contributed by atoms with Gasteiger partial charge in [0.25, 0.3) is 11.5 Å². The Morgan fingerprint density at radius 2 is 1.76 bits per heavy atom. The number of sulfone groups is 1. The molecule has 9 nitrogen and oxygen atoms in total. The van der Waals surface area contributed by atoms with Gasteiger partial charge in [-0.1, -0.05) is 6.07 Å². The van der Waals surface area contributed by atoms with Crippen LogP contribution in [0.1, 0.15) is 13.3 Å². The van der Waals surface area contributed by atoms with Gasteiger partial charge in [-0.2, -0.15) is 0 Å². The minimum atomic E-state index is -3.84. The zero-order chi connectivity index (χ0) is 21.8. The van der Waals surface area contributed by atoms with Gasteiger partial charge in [-0.15, -0.1) is 0 Å². The summed E-state index contributed by atoms with van der Waals surface area (Å²) in [6, 6.07) is 8.36. The van der Waals surface area contributed by atoms with Gasteiger partial charge in [-0.3, -0.25) is 14.8 Å². The number of carbonyl (C=O) groups excluding carboxylic acids is 1. The number of methoxy groups -OCH3 is 2. The van der Waals surface area contributed by atoms with Crippen molar-refractivity contribution in [2.24, 2.45) is 0 Å². The second-order valence-electron chi connectivity index (χ2n) is 6.71. The normalized spacial score (nSPS) is 13.4. The number of nitrogens with zero attached hydrogens (tertiary/aromatic N) is 1. The standard InChI is InChI=1S/C19H24N2O7S/c1-19(18(23)20-24,29(4,25)26)8-10-21-9-7-14(12-17(21)22)13-5-6-15(27-2)16(11-13)28-3/h5-7,9,11-12,24H,8,10H2,1-4H3,(H,20,23). The van der Waals surface area contributed by atoms with Crippen LogP contribution in [0.15, 0.2) is 41.3 Å². The molecule has 2 rings (SSSR count). The van der Waals surface area contributed by atoms with Crippen LogP contribution in [-0.4, -0.2) is 49.3 Å². The summed E-state index contributed by atoms with van der Waals surface area (Å²) >= 11 is 0. The fourth-order valence-corrected chi connectivity index (χ4v) is 3.65. The highest BCUT2D eigenvalue weighted by Crippen LogP contribution is 2.31. The number of hydroxylamine groups is 1. The average molecular weight is 424 g/mol. The summed E-state index contributed by atoms with van der Waals surface area (Å²) in [5, 5.41) is 8.88. The number of benzene rings is 1. The number of hydrogen-bond acceptors (Lipinski definition) is 7. The Bertz CT molecular complexity index is 1060. The number of aromatic nitrogens is 1. The summed E-state index contributed by atoms with van der Waals surface area (Å²) in [5.41, 5.74) is 2.41. The molecule has 1 amide bonds. The molecule has 0 spiro atoms. The molecule has 2 aromatic rings. The Morgan fingerprint density at radius 3 is 2.28 bits per heavy atom. The van der Waals surface area contributed by atoms with Crippen molar-refractivity contribution < 1.29 is 27.9 Å². The summed E-state index contributed by atoms with van der Waals surface area (Å²) in [5.74, 6) is 0.0370. The SMILES string of the molecule is COc1ccc(-c2ccn(CCC(C)(C(=O)NO)S(C)(=O)=O)c(=O)c2)cc1OC. The van der Waals surface area contributed by atoms with Gasteiger partial charge >= 0.3 is 0 Å². The van der Waals surface area contributed by atoms with E-state index in [0.717, 1.165) is 11.8 Å². The molecular weight excluding hydrogens is 400 g/mol. The van der Waals surface area contributed by atoms with E-state index in [9.17, 15) is 18.0 Å². The summed E-state index contributed by atoms with van der Waals surface area (Å²) < 4.78 is 34.0. The molecule has 1 heterocycles. The molecule has 0 aliphatic carbocycles. The third-order valence-electron chi connectivity index (χ3n) is 4.94. The smallest absolute Gasteiger partial charge is 0.264 e. The molecule has 10 heteroatoms. The van der Waals surface area contributed by atoms with Gasteiger partial charge < -0.3 is 14.0 Å². The molecule has 0 radical (unpaired) electrons. The number of hydrogen-bond donors (Lipinski definition) is 2. The Hall–Kier alpha value is -2.85. The second kappa shape index (κ2) is 8.66. The summed E-state index contributed by atoms with van der Waals surface area (Å²) in [7, 11) is -0.795. The molecule has 0 saturated carbocycles. The molecule has 0 saturated heterocycles. The molecule has 2 N–H and O–H groups in total. The zero-order valence-electron chi connectivity index (χ0n) is 16.6. The monoisotopic (exact) mass is 424 g/mol. The zero-order valence-corrected chi connectivity index (χ0v) is 17.4. The minimum Gasteiger partial charge on any atom is -0.493 e. The summed E-state index contributed by atoms with van der Waals surface area (Å²) in [6.45, 7) is 1.18. The molecule has 0 bridgehead atoms. The van der Waals surface area contributed by atoms with E-state index in [-0.39, 0.29) is 18.5 Å². The molecule has 29 heavy (non-hydrogen) atoms. The largest absolute Gasteiger partial charge is 0.493 e. The van der Waals surface area contributed by atoms with Crippen LogP contribution in [0.2, 0.25) is 0 Å². The molecule has 0 aliphatic heterocycles. The lowest BCUT2D eigenvalue weighted by Crippen LogP contribution is -2.49. The number of aryl methyl sites for hydroxylation is 1. The van der Waals surface area contributed by atoms with Gasteiger partial charge in [0.05, 0.1) is 14.2 Å². The van der Waals surface area contributed by atoms with Gasteiger partial charge in [-0.25, -0.2) is 13.9 Å². The maximum Gasteiger partial charge on any atom is 0.264 e. The fourth-order valence-electron chi connectivity index (χ4n) is 2.81. The fraction of sp³-hybridized carbons (Fsp3) is 0.368. The van der Waals surface area contributed by atoms with Gasteiger partial charge in [0.15, 0.2) is 26.1 Å². The van der Waals surface area contributed by atoms with Gasteiger partial charge in [0.2, 0.25) is 0 Å². The third kappa shape index (κ3) is 4.60. The van der Waals surface area contributed by atoms with E-state index in [4.69, 9.17) is 14.7 Å². The van der Waals surface area contributed by atoms with Gasteiger partial charge in [-0.05, 0) is 42.7 Å². The number of carbonyl (C=O) groups is 1. The topological polar surface area (TPSA) is 124 Å². The number of nitrogens with one attached hydrogen (secondary N) is 1. The van der Waals surface area contributed by atoms with Gasteiger partial charge in [0.1, 0.15) is 0 Å². The number of amides is 1. The number of pyridine rings is 1. The van der Waals surface area contributed by atoms with Crippen LogP contribution in [0.4, 0.5) is 0 Å². The molecule has 0 aliphatic rings. The Kier molecular flexibility index (Phi) is 6.70. The Morgan fingerprint density at radius 1 is 1.14 bits per heavy atom. The van der Waals surface area contributed by atoms with E-state index in [0.29, 0.717) is 17.1 Å². The van der Waals surface area contributed by atoms with Crippen molar-refractivity contribution in [2.45, 2.75) is 24.6 Å². The summed E-state index contributed by atoms with van der Waals surface area (Å²) in [6.07, 6.45) is 2.24. The van der Waals surface area contributed by atoms with E-state index in [2.05, 4.69) is 0 Å². The van der Waals surface area contributed by atoms with Crippen LogP contribution in [0.3, 0.4) is 0 Å². The first-order valence-electron chi connectivity index (χ1n) is 8.64. The highest BCUT2D eigenvalue weighted by molar-refractivity contribution is 7.92. The first-order chi connectivity index (χ1) is 13.6. The molecular formula is C19H24N2O7S. The van der Waals surface area contributed by atoms with Crippen molar-refractivity contribution in [2.75, 3.05) is 20.5 Å². The Labute approximate surface area is 168 Å². The van der Waals surface area contributed by atoms with Gasteiger partial charge in [0, 0.05) is 25.1 Å².